The van der Waals surface area contributed by atoms with Crippen LogP contribution in [0.5, 0.6) is 0 Å². The van der Waals surface area contributed by atoms with Gasteiger partial charge in [-0.1, -0.05) is 88.6 Å². The van der Waals surface area contributed by atoms with Gasteiger partial charge in [0.1, 0.15) is 0 Å². The number of ether oxygens (including phenoxy) is 3. The van der Waals surface area contributed by atoms with E-state index in [9.17, 15) is 22.8 Å². The van der Waals surface area contributed by atoms with Crippen molar-refractivity contribution in [3.05, 3.63) is 35.9 Å². The molecule has 9 heteroatoms. The number of rotatable bonds is 16. The first kappa shape index (κ1) is 30.2. The van der Waals surface area contributed by atoms with Crippen LogP contribution >= 0.6 is 11.6 Å². The molecule has 0 aromatic heterocycles. The van der Waals surface area contributed by atoms with E-state index in [0.717, 1.165) is 44.9 Å². The van der Waals surface area contributed by atoms with Crippen LogP contribution in [0.15, 0.2) is 30.3 Å². The van der Waals surface area contributed by atoms with E-state index in [1.807, 2.05) is 0 Å². The fourth-order valence-electron chi connectivity index (χ4n) is 3.70. The van der Waals surface area contributed by atoms with Gasteiger partial charge in [-0.25, -0.2) is 9.59 Å². The van der Waals surface area contributed by atoms with Gasteiger partial charge in [0.05, 0.1) is 12.0 Å². The van der Waals surface area contributed by atoms with Crippen LogP contribution in [0.4, 0.5) is 13.2 Å². The number of carbonyl (C=O) groups excluding carboxylic acids is 2. The van der Waals surface area contributed by atoms with Crippen molar-refractivity contribution in [2.24, 2.45) is 0 Å². The highest BCUT2D eigenvalue weighted by Gasteiger charge is 2.64. The summed E-state index contributed by atoms with van der Waals surface area (Å²) in [6.45, 7) is 3.65. The fraction of sp³-hybridized carbons (Fsp3) is 0.680. The van der Waals surface area contributed by atoms with E-state index >= 15 is 0 Å². The summed E-state index contributed by atoms with van der Waals surface area (Å²) in [5.41, 5.74) is -3.87. The Morgan fingerprint density at radius 1 is 0.941 bits per heavy atom. The van der Waals surface area contributed by atoms with E-state index in [-0.39, 0.29) is 13.0 Å². The normalized spacial score (nSPS) is 15.3. The van der Waals surface area contributed by atoms with E-state index in [0.29, 0.717) is 6.42 Å². The lowest BCUT2D eigenvalue weighted by Crippen LogP contribution is -2.54. The standard InChI is InChI=1S/C25H36ClF3O5/c1-4-6-7-8-9-10-11-15-18-20(26)21(22(30)33-5-2)34-23(31)24(32-3,25(27,28)29)19-16-13-12-14-17-19/h12-14,16-17,20-21H,4-11,15,18H2,1-3H3/t20-,21+,24?/m0/s1. The second-order valence-corrected chi connectivity index (χ2v) is 8.67. The minimum atomic E-state index is -5.15. The molecule has 0 saturated carbocycles. The number of carbonyl (C=O) groups is 2. The maximum atomic E-state index is 14.1. The molecule has 0 aliphatic rings. The molecule has 34 heavy (non-hydrogen) atoms. The Bertz CT molecular complexity index is 729. The van der Waals surface area contributed by atoms with Gasteiger partial charge < -0.3 is 14.2 Å². The fourth-order valence-corrected chi connectivity index (χ4v) is 4.01. The molecule has 194 valence electrons. The minimum absolute atomic E-state index is 0.0401. The number of methoxy groups -OCH3 is 1. The van der Waals surface area contributed by atoms with Crippen molar-refractivity contribution in [2.45, 2.75) is 94.9 Å². The maximum absolute atomic E-state index is 14.1. The van der Waals surface area contributed by atoms with Gasteiger partial charge in [0.2, 0.25) is 6.10 Å². The first-order valence-corrected chi connectivity index (χ1v) is 12.3. The van der Waals surface area contributed by atoms with E-state index in [1.54, 1.807) is 0 Å². The van der Waals surface area contributed by atoms with Crippen LogP contribution in [0, 0.1) is 0 Å². The molecule has 0 fully saturated rings. The maximum Gasteiger partial charge on any atom is 0.432 e. The van der Waals surface area contributed by atoms with Gasteiger partial charge in [-0.15, -0.1) is 11.6 Å². The van der Waals surface area contributed by atoms with Crippen LogP contribution in [0.25, 0.3) is 0 Å². The number of benzene rings is 1. The Morgan fingerprint density at radius 2 is 1.50 bits per heavy atom. The third-order valence-corrected chi connectivity index (χ3v) is 6.04. The number of halogens is 4. The summed E-state index contributed by atoms with van der Waals surface area (Å²) in [7, 11) is 0.764. The van der Waals surface area contributed by atoms with Crippen molar-refractivity contribution >= 4 is 23.5 Å². The highest BCUT2D eigenvalue weighted by atomic mass is 35.5. The number of hydrogen-bond donors (Lipinski definition) is 0. The minimum Gasteiger partial charge on any atom is -0.463 e. The number of esters is 2. The summed E-state index contributed by atoms with van der Waals surface area (Å²) in [4.78, 5) is 25.4. The van der Waals surface area contributed by atoms with Gasteiger partial charge in [-0.3, -0.25) is 0 Å². The zero-order valence-corrected chi connectivity index (χ0v) is 20.9. The molecule has 3 atom stereocenters. The molecule has 0 radical (unpaired) electrons. The molecule has 0 spiro atoms. The highest BCUT2D eigenvalue weighted by molar-refractivity contribution is 6.22. The van der Waals surface area contributed by atoms with Gasteiger partial charge in [0, 0.05) is 12.7 Å². The Kier molecular flexibility index (Phi) is 13.6. The Labute approximate surface area is 205 Å². The Hall–Kier alpha value is -1.80. The van der Waals surface area contributed by atoms with Crippen molar-refractivity contribution in [1.29, 1.82) is 0 Å². The molecule has 0 bridgehead atoms. The first-order valence-electron chi connectivity index (χ1n) is 11.8. The summed E-state index contributed by atoms with van der Waals surface area (Å²) in [6.07, 6.45) is 1.73. The Morgan fingerprint density at radius 3 is 2.00 bits per heavy atom. The number of hydrogen-bond acceptors (Lipinski definition) is 5. The molecule has 5 nitrogen and oxygen atoms in total. The van der Waals surface area contributed by atoms with Crippen LogP contribution in [-0.4, -0.2) is 43.3 Å². The molecule has 0 aliphatic heterocycles. The summed E-state index contributed by atoms with van der Waals surface area (Å²) in [5, 5.41) is -1.04. The predicted octanol–water partition coefficient (Wildman–Crippen LogP) is 6.70. The average molecular weight is 509 g/mol. The average Bonchev–Trinajstić information content (AvgIpc) is 2.79. The topological polar surface area (TPSA) is 61.8 Å². The van der Waals surface area contributed by atoms with Crippen molar-refractivity contribution in [1.82, 2.24) is 0 Å². The Balaban J connectivity index is 2.94. The predicted molar refractivity (Wildman–Crippen MR) is 125 cm³/mol. The van der Waals surface area contributed by atoms with Crippen LogP contribution < -0.4 is 0 Å². The summed E-state index contributed by atoms with van der Waals surface area (Å²) in [5.74, 6) is -2.76. The molecule has 0 aliphatic carbocycles. The molecular formula is C25H36ClF3O5. The number of alkyl halides is 4. The van der Waals surface area contributed by atoms with E-state index < -0.39 is 40.8 Å². The zero-order chi connectivity index (χ0) is 25.6. The third-order valence-electron chi connectivity index (χ3n) is 5.59. The molecular weight excluding hydrogens is 473 g/mol. The molecule has 1 aromatic carbocycles. The van der Waals surface area contributed by atoms with Gasteiger partial charge in [0.25, 0.3) is 5.60 Å². The van der Waals surface area contributed by atoms with Crippen molar-refractivity contribution in [3.63, 3.8) is 0 Å². The molecule has 0 heterocycles. The highest BCUT2D eigenvalue weighted by Crippen LogP contribution is 2.43. The zero-order valence-electron chi connectivity index (χ0n) is 20.2. The lowest BCUT2D eigenvalue weighted by molar-refractivity contribution is -0.278. The third kappa shape index (κ3) is 8.45. The summed E-state index contributed by atoms with van der Waals surface area (Å²) in [6, 6.07) is 6.41. The first-order chi connectivity index (χ1) is 16.2. The van der Waals surface area contributed by atoms with Crippen molar-refractivity contribution in [2.75, 3.05) is 13.7 Å². The number of unbranched alkanes of at least 4 members (excludes halogenated alkanes) is 7. The molecule has 1 rings (SSSR count). The van der Waals surface area contributed by atoms with Crippen molar-refractivity contribution in [3.8, 4) is 0 Å². The molecule has 1 aromatic rings. The van der Waals surface area contributed by atoms with Crippen LogP contribution in [0.1, 0.15) is 77.2 Å². The summed E-state index contributed by atoms with van der Waals surface area (Å²) < 4.78 is 57.2. The molecule has 1 unspecified atom stereocenters. The van der Waals surface area contributed by atoms with Crippen LogP contribution in [0.3, 0.4) is 0 Å². The van der Waals surface area contributed by atoms with Gasteiger partial charge in [-0.2, -0.15) is 13.2 Å². The smallest absolute Gasteiger partial charge is 0.432 e. The molecule has 0 saturated heterocycles. The van der Waals surface area contributed by atoms with Gasteiger partial charge >= 0.3 is 18.1 Å². The van der Waals surface area contributed by atoms with E-state index in [2.05, 4.69) is 6.92 Å². The van der Waals surface area contributed by atoms with Crippen LogP contribution in [-0.2, 0) is 29.4 Å². The van der Waals surface area contributed by atoms with Crippen LogP contribution in [0.2, 0.25) is 0 Å². The van der Waals surface area contributed by atoms with Crippen molar-refractivity contribution < 1.29 is 37.0 Å². The lowest BCUT2D eigenvalue weighted by Gasteiger charge is -2.34. The lowest BCUT2D eigenvalue weighted by atomic mass is 9.92. The quantitative estimate of drug-likeness (QED) is 0.141. The summed E-state index contributed by atoms with van der Waals surface area (Å²) >= 11 is 6.36. The van der Waals surface area contributed by atoms with E-state index in [4.69, 9.17) is 25.8 Å². The van der Waals surface area contributed by atoms with Gasteiger partial charge in [0.15, 0.2) is 0 Å². The largest absolute Gasteiger partial charge is 0.463 e. The second kappa shape index (κ2) is 15.2. The van der Waals surface area contributed by atoms with E-state index in [1.165, 1.54) is 44.4 Å². The molecule has 0 N–H and O–H groups in total. The second-order valence-electron chi connectivity index (χ2n) is 8.11. The molecule has 0 amide bonds. The van der Waals surface area contributed by atoms with Gasteiger partial charge in [-0.05, 0) is 13.3 Å². The monoisotopic (exact) mass is 508 g/mol. The SMILES string of the molecule is CCCCCCCCCC[C@H](Cl)[C@@H](OC(=O)C(OC)(c1ccccc1)C(F)(F)F)C(=O)OCC.